The van der Waals surface area contributed by atoms with Gasteiger partial charge in [-0.15, -0.1) is 0 Å². The van der Waals surface area contributed by atoms with Gasteiger partial charge < -0.3 is 15.4 Å². The Balaban J connectivity index is 1.79. The monoisotopic (exact) mass is 347 g/mol. The van der Waals surface area contributed by atoms with Gasteiger partial charge in [0.15, 0.2) is 0 Å². The third-order valence-corrected chi connectivity index (χ3v) is 4.03. The summed E-state index contributed by atoms with van der Waals surface area (Å²) in [5, 5.41) is 6.20. The zero-order chi connectivity index (χ0) is 18.4. The highest BCUT2D eigenvalue weighted by Gasteiger charge is 2.11. The quantitative estimate of drug-likeness (QED) is 0.681. The summed E-state index contributed by atoms with van der Waals surface area (Å²) in [5.41, 5.74) is 3.99. The van der Waals surface area contributed by atoms with Crippen LogP contribution in [0, 0.1) is 0 Å². The first-order valence-electron chi connectivity index (χ1n) is 8.46. The van der Waals surface area contributed by atoms with Gasteiger partial charge in [0, 0.05) is 17.6 Å². The summed E-state index contributed by atoms with van der Waals surface area (Å²) in [6, 6.07) is 18.9. The maximum absolute atomic E-state index is 12.6. The van der Waals surface area contributed by atoms with E-state index in [9.17, 15) is 4.79 Å². The molecule has 26 heavy (non-hydrogen) atoms. The average Bonchev–Trinajstić information content (AvgIpc) is 2.69. The number of hydrogen-bond donors (Lipinski definition) is 2. The molecule has 0 saturated carbocycles. The van der Waals surface area contributed by atoms with E-state index in [1.54, 1.807) is 31.5 Å². The van der Waals surface area contributed by atoms with Crippen LogP contribution >= 0.6 is 0 Å². The first-order chi connectivity index (χ1) is 12.7. The maximum Gasteiger partial charge on any atom is 0.274 e. The zero-order valence-corrected chi connectivity index (χ0v) is 14.8. The Labute approximate surface area is 153 Å². The van der Waals surface area contributed by atoms with Crippen LogP contribution in [-0.4, -0.2) is 18.0 Å². The predicted molar refractivity (Wildman–Crippen MR) is 104 cm³/mol. The molecule has 2 aromatic carbocycles. The number of rotatable bonds is 6. The second-order valence-electron chi connectivity index (χ2n) is 5.72. The number of benzene rings is 2. The fourth-order valence-corrected chi connectivity index (χ4v) is 2.67. The number of methoxy groups -OCH3 is 1. The van der Waals surface area contributed by atoms with Crippen LogP contribution in [0.4, 0.5) is 17.1 Å². The summed E-state index contributed by atoms with van der Waals surface area (Å²) in [7, 11) is 1.57. The van der Waals surface area contributed by atoms with E-state index in [1.807, 2.05) is 36.4 Å². The molecule has 0 aliphatic heterocycles. The Morgan fingerprint density at radius 2 is 1.77 bits per heavy atom. The number of nitrogens with one attached hydrogen (secondary N) is 2. The smallest absolute Gasteiger partial charge is 0.274 e. The summed E-state index contributed by atoms with van der Waals surface area (Å²) in [6.07, 6.45) is 2.55. The molecular weight excluding hydrogens is 326 g/mol. The second kappa shape index (κ2) is 8.16. The molecule has 0 spiro atoms. The van der Waals surface area contributed by atoms with Crippen molar-refractivity contribution in [1.82, 2.24) is 4.98 Å². The van der Waals surface area contributed by atoms with Crippen molar-refractivity contribution in [2.45, 2.75) is 13.3 Å². The van der Waals surface area contributed by atoms with E-state index in [4.69, 9.17) is 4.74 Å². The third kappa shape index (κ3) is 4.00. The van der Waals surface area contributed by atoms with Crippen LogP contribution in [0.2, 0.25) is 0 Å². The number of aromatic nitrogens is 1. The van der Waals surface area contributed by atoms with Crippen LogP contribution in [0.1, 0.15) is 23.0 Å². The highest BCUT2D eigenvalue weighted by atomic mass is 16.5. The van der Waals surface area contributed by atoms with E-state index in [2.05, 4.69) is 28.6 Å². The van der Waals surface area contributed by atoms with Gasteiger partial charge in [-0.25, -0.2) is 0 Å². The van der Waals surface area contributed by atoms with Crippen LogP contribution < -0.4 is 15.4 Å². The molecule has 5 heteroatoms. The standard InChI is InChI=1S/C21H21N3O2/c1-3-15-8-4-5-9-17(15)23-16-12-13-22-19(14-16)21(25)24-18-10-6-7-11-20(18)26-2/h4-14H,3H2,1-2H3,(H,22,23)(H,24,25). The lowest BCUT2D eigenvalue weighted by molar-refractivity contribution is 0.102. The molecule has 0 saturated heterocycles. The van der Waals surface area contributed by atoms with Gasteiger partial charge in [0.25, 0.3) is 5.91 Å². The van der Waals surface area contributed by atoms with E-state index in [0.717, 1.165) is 17.8 Å². The number of carbonyl (C=O) groups excluding carboxylic acids is 1. The van der Waals surface area contributed by atoms with E-state index in [-0.39, 0.29) is 5.91 Å². The molecule has 3 rings (SSSR count). The Morgan fingerprint density at radius 1 is 1.04 bits per heavy atom. The molecule has 3 aromatic rings. The van der Waals surface area contributed by atoms with Crippen LogP contribution in [0.3, 0.4) is 0 Å². The predicted octanol–water partition coefficient (Wildman–Crippen LogP) is 4.65. The highest BCUT2D eigenvalue weighted by molar-refractivity contribution is 6.04. The summed E-state index contributed by atoms with van der Waals surface area (Å²) < 4.78 is 5.26. The maximum atomic E-state index is 12.6. The van der Waals surface area contributed by atoms with Crippen LogP contribution in [-0.2, 0) is 6.42 Å². The van der Waals surface area contributed by atoms with Crippen molar-refractivity contribution in [3.05, 3.63) is 78.1 Å². The molecule has 1 heterocycles. The van der Waals surface area contributed by atoms with Crippen molar-refractivity contribution in [2.75, 3.05) is 17.7 Å². The summed E-state index contributed by atoms with van der Waals surface area (Å²) in [5.74, 6) is 0.314. The first-order valence-corrected chi connectivity index (χ1v) is 8.46. The molecule has 0 fully saturated rings. The number of nitrogens with zero attached hydrogens (tertiary/aromatic N) is 1. The fourth-order valence-electron chi connectivity index (χ4n) is 2.67. The average molecular weight is 347 g/mol. The first kappa shape index (κ1) is 17.5. The molecule has 0 unspecified atom stereocenters. The second-order valence-corrected chi connectivity index (χ2v) is 5.72. The highest BCUT2D eigenvalue weighted by Crippen LogP contribution is 2.24. The number of carbonyl (C=O) groups is 1. The molecule has 0 aliphatic rings. The molecule has 2 N–H and O–H groups in total. The van der Waals surface area contributed by atoms with Crippen LogP contribution in [0.15, 0.2) is 66.9 Å². The van der Waals surface area contributed by atoms with E-state index < -0.39 is 0 Å². The van der Waals surface area contributed by atoms with Crippen LogP contribution in [0.5, 0.6) is 5.75 Å². The summed E-state index contributed by atoms with van der Waals surface area (Å²) >= 11 is 0. The van der Waals surface area contributed by atoms with Gasteiger partial charge in [-0.1, -0.05) is 37.3 Å². The zero-order valence-electron chi connectivity index (χ0n) is 14.8. The number of amides is 1. The van der Waals surface area contributed by atoms with Gasteiger partial charge in [-0.3, -0.25) is 9.78 Å². The molecule has 0 radical (unpaired) electrons. The lowest BCUT2D eigenvalue weighted by Gasteiger charge is -2.12. The van der Waals surface area contributed by atoms with Gasteiger partial charge in [-0.2, -0.15) is 0 Å². The molecule has 5 nitrogen and oxygen atoms in total. The van der Waals surface area contributed by atoms with E-state index in [1.165, 1.54) is 5.56 Å². The number of anilines is 3. The normalized spacial score (nSPS) is 10.2. The number of para-hydroxylation sites is 3. The van der Waals surface area contributed by atoms with Gasteiger partial charge in [0.2, 0.25) is 0 Å². The number of ether oxygens (including phenoxy) is 1. The minimum Gasteiger partial charge on any atom is -0.495 e. The Morgan fingerprint density at radius 3 is 2.54 bits per heavy atom. The largest absolute Gasteiger partial charge is 0.495 e. The molecule has 0 atom stereocenters. The minimum atomic E-state index is -0.290. The van der Waals surface area contributed by atoms with Crippen molar-refractivity contribution >= 4 is 23.0 Å². The molecule has 0 aliphatic carbocycles. The molecule has 132 valence electrons. The van der Waals surface area contributed by atoms with Crippen molar-refractivity contribution in [3.63, 3.8) is 0 Å². The minimum absolute atomic E-state index is 0.290. The van der Waals surface area contributed by atoms with Gasteiger partial charge >= 0.3 is 0 Å². The lowest BCUT2D eigenvalue weighted by Crippen LogP contribution is -2.14. The fraction of sp³-hybridized carbons (Fsp3) is 0.143. The molecule has 1 aromatic heterocycles. The number of pyridine rings is 1. The molecule has 1 amide bonds. The van der Waals surface area contributed by atoms with Crippen molar-refractivity contribution in [3.8, 4) is 5.75 Å². The Hall–Kier alpha value is -3.34. The van der Waals surface area contributed by atoms with Crippen molar-refractivity contribution < 1.29 is 9.53 Å². The number of aryl methyl sites for hydroxylation is 1. The van der Waals surface area contributed by atoms with Gasteiger partial charge in [-0.05, 0) is 42.3 Å². The summed E-state index contributed by atoms with van der Waals surface area (Å²) in [6.45, 7) is 2.11. The number of hydrogen-bond acceptors (Lipinski definition) is 4. The molecular formula is C21H21N3O2. The molecule has 0 bridgehead atoms. The Bertz CT molecular complexity index is 909. The van der Waals surface area contributed by atoms with Crippen molar-refractivity contribution in [1.29, 1.82) is 0 Å². The third-order valence-electron chi connectivity index (χ3n) is 4.03. The topological polar surface area (TPSA) is 63.2 Å². The summed E-state index contributed by atoms with van der Waals surface area (Å²) in [4.78, 5) is 16.7. The van der Waals surface area contributed by atoms with Crippen molar-refractivity contribution in [2.24, 2.45) is 0 Å². The van der Waals surface area contributed by atoms with Gasteiger partial charge in [0.05, 0.1) is 12.8 Å². The van der Waals surface area contributed by atoms with Crippen LogP contribution in [0.25, 0.3) is 0 Å². The van der Waals surface area contributed by atoms with Gasteiger partial charge in [0.1, 0.15) is 11.4 Å². The lowest BCUT2D eigenvalue weighted by atomic mass is 10.1. The van der Waals surface area contributed by atoms with E-state index >= 15 is 0 Å². The Kier molecular flexibility index (Phi) is 5.49. The van der Waals surface area contributed by atoms with E-state index in [0.29, 0.717) is 17.1 Å². The SMILES string of the molecule is CCc1ccccc1Nc1ccnc(C(=O)Nc2ccccc2OC)c1.